The van der Waals surface area contributed by atoms with Crippen molar-refractivity contribution >= 4 is 0 Å². The number of aromatic nitrogens is 1. The van der Waals surface area contributed by atoms with Crippen molar-refractivity contribution in [1.82, 2.24) is 10.4 Å². The van der Waals surface area contributed by atoms with E-state index in [9.17, 15) is 0 Å². The minimum Gasteiger partial charge on any atom is -0.381 e. The molecule has 1 unspecified atom stereocenters. The summed E-state index contributed by atoms with van der Waals surface area (Å²) in [6, 6.07) is 2.23. The SMILES string of the molecule is Cc1ccncc1C(CC1CCOCC1)NN. The molecule has 1 aliphatic heterocycles. The van der Waals surface area contributed by atoms with Gasteiger partial charge in [0, 0.05) is 31.6 Å². The molecule has 0 saturated carbocycles. The number of aryl methyl sites for hydroxylation is 1. The summed E-state index contributed by atoms with van der Waals surface area (Å²) in [5.74, 6) is 6.38. The van der Waals surface area contributed by atoms with Crippen molar-refractivity contribution in [2.24, 2.45) is 11.8 Å². The van der Waals surface area contributed by atoms with Crippen LogP contribution in [0.25, 0.3) is 0 Å². The molecule has 1 aromatic rings. The summed E-state index contributed by atoms with van der Waals surface area (Å²) in [5.41, 5.74) is 5.38. The van der Waals surface area contributed by atoms with Crippen molar-refractivity contribution in [3.63, 3.8) is 0 Å². The van der Waals surface area contributed by atoms with Gasteiger partial charge in [-0.15, -0.1) is 0 Å². The maximum atomic E-state index is 5.68. The highest BCUT2D eigenvalue weighted by Crippen LogP contribution is 2.28. The van der Waals surface area contributed by atoms with Crippen LogP contribution < -0.4 is 11.3 Å². The Morgan fingerprint density at radius 1 is 1.53 bits per heavy atom. The first-order valence-corrected chi connectivity index (χ1v) is 6.25. The van der Waals surface area contributed by atoms with Gasteiger partial charge in [0.05, 0.1) is 0 Å². The van der Waals surface area contributed by atoms with Gasteiger partial charge in [0.15, 0.2) is 0 Å². The smallest absolute Gasteiger partial charge is 0.0480 e. The van der Waals surface area contributed by atoms with E-state index in [1.54, 1.807) is 0 Å². The van der Waals surface area contributed by atoms with Crippen LogP contribution in [0.3, 0.4) is 0 Å². The summed E-state index contributed by atoms with van der Waals surface area (Å²) in [7, 11) is 0. The standard InChI is InChI=1S/C13H21N3O/c1-10-2-5-15-9-12(10)13(16-14)8-11-3-6-17-7-4-11/h2,5,9,11,13,16H,3-4,6-8,14H2,1H3. The minimum atomic E-state index is 0.201. The highest BCUT2D eigenvalue weighted by atomic mass is 16.5. The molecule has 0 bridgehead atoms. The third kappa shape index (κ3) is 3.25. The summed E-state index contributed by atoms with van der Waals surface area (Å²) in [4.78, 5) is 4.19. The molecule has 0 amide bonds. The Bertz CT molecular complexity index is 350. The Morgan fingerprint density at radius 3 is 2.94 bits per heavy atom. The predicted molar refractivity (Wildman–Crippen MR) is 67.2 cm³/mol. The van der Waals surface area contributed by atoms with Gasteiger partial charge in [0.1, 0.15) is 0 Å². The molecule has 2 rings (SSSR count). The molecule has 1 fully saturated rings. The van der Waals surface area contributed by atoms with Gasteiger partial charge in [0.2, 0.25) is 0 Å². The molecule has 4 nitrogen and oxygen atoms in total. The summed E-state index contributed by atoms with van der Waals surface area (Å²) in [5, 5.41) is 0. The summed E-state index contributed by atoms with van der Waals surface area (Å²) in [6.45, 7) is 3.87. The molecule has 17 heavy (non-hydrogen) atoms. The van der Waals surface area contributed by atoms with Crippen molar-refractivity contribution in [1.29, 1.82) is 0 Å². The lowest BCUT2D eigenvalue weighted by Crippen LogP contribution is -2.31. The van der Waals surface area contributed by atoms with E-state index in [2.05, 4.69) is 17.3 Å². The molecule has 0 aliphatic carbocycles. The number of pyridine rings is 1. The molecule has 1 atom stereocenters. The number of rotatable bonds is 4. The number of nitrogens with zero attached hydrogens (tertiary/aromatic N) is 1. The first kappa shape index (κ1) is 12.5. The highest BCUT2D eigenvalue weighted by Gasteiger charge is 2.20. The molecule has 94 valence electrons. The van der Waals surface area contributed by atoms with Gasteiger partial charge in [-0.1, -0.05) is 0 Å². The van der Waals surface area contributed by atoms with E-state index in [4.69, 9.17) is 10.6 Å². The molecule has 0 aromatic carbocycles. The Morgan fingerprint density at radius 2 is 2.29 bits per heavy atom. The Kier molecular flexibility index (Phi) is 4.48. The first-order valence-electron chi connectivity index (χ1n) is 6.25. The van der Waals surface area contributed by atoms with Crippen molar-refractivity contribution in [2.75, 3.05) is 13.2 Å². The van der Waals surface area contributed by atoms with Gasteiger partial charge in [-0.05, 0) is 49.3 Å². The second-order valence-corrected chi connectivity index (χ2v) is 4.74. The summed E-state index contributed by atoms with van der Waals surface area (Å²) in [6.07, 6.45) is 7.07. The Labute approximate surface area is 103 Å². The quantitative estimate of drug-likeness (QED) is 0.616. The van der Waals surface area contributed by atoms with Crippen LogP contribution in [-0.2, 0) is 4.74 Å². The molecular weight excluding hydrogens is 214 g/mol. The molecule has 3 N–H and O–H groups in total. The van der Waals surface area contributed by atoms with Gasteiger partial charge in [-0.3, -0.25) is 16.3 Å². The average Bonchev–Trinajstić information content (AvgIpc) is 2.38. The van der Waals surface area contributed by atoms with E-state index in [1.807, 2.05) is 18.5 Å². The van der Waals surface area contributed by atoms with Crippen LogP contribution in [0.4, 0.5) is 0 Å². The number of nitrogens with two attached hydrogens (primary N) is 1. The molecule has 2 heterocycles. The lowest BCUT2D eigenvalue weighted by Gasteiger charge is -2.27. The van der Waals surface area contributed by atoms with E-state index >= 15 is 0 Å². The van der Waals surface area contributed by atoms with Crippen molar-refractivity contribution in [3.8, 4) is 0 Å². The third-order valence-corrected chi connectivity index (χ3v) is 3.57. The van der Waals surface area contributed by atoms with Crippen molar-refractivity contribution < 1.29 is 4.74 Å². The molecule has 1 aliphatic rings. The van der Waals surface area contributed by atoms with Gasteiger partial charge in [-0.25, -0.2) is 0 Å². The zero-order valence-corrected chi connectivity index (χ0v) is 10.4. The van der Waals surface area contributed by atoms with Gasteiger partial charge < -0.3 is 4.74 Å². The largest absolute Gasteiger partial charge is 0.381 e. The molecule has 4 heteroatoms. The van der Waals surface area contributed by atoms with Crippen LogP contribution in [0.5, 0.6) is 0 Å². The second kappa shape index (κ2) is 6.10. The van der Waals surface area contributed by atoms with Crippen molar-refractivity contribution in [3.05, 3.63) is 29.6 Å². The van der Waals surface area contributed by atoms with Crippen LogP contribution in [0.2, 0.25) is 0 Å². The van der Waals surface area contributed by atoms with E-state index in [0.717, 1.165) is 32.5 Å². The number of hydrogen-bond donors (Lipinski definition) is 2. The van der Waals surface area contributed by atoms with Crippen LogP contribution in [0.15, 0.2) is 18.5 Å². The fraction of sp³-hybridized carbons (Fsp3) is 0.615. The average molecular weight is 235 g/mol. The van der Waals surface area contributed by atoms with Crippen LogP contribution in [-0.4, -0.2) is 18.2 Å². The highest BCUT2D eigenvalue weighted by molar-refractivity contribution is 5.24. The summed E-state index contributed by atoms with van der Waals surface area (Å²) < 4.78 is 5.38. The van der Waals surface area contributed by atoms with E-state index in [1.165, 1.54) is 11.1 Å². The topological polar surface area (TPSA) is 60.2 Å². The first-order chi connectivity index (χ1) is 8.31. The molecule has 0 radical (unpaired) electrons. The number of hydrogen-bond acceptors (Lipinski definition) is 4. The van der Waals surface area contributed by atoms with Crippen molar-refractivity contribution in [2.45, 2.75) is 32.2 Å². The Balaban J connectivity index is 2.03. The summed E-state index contributed by atoms with van der Waals surface area (Å²) >= 11 is 0. The van der Waals surface area contributed by atoms with Crippen LogP contribution in [0.1, 0.15) is 36.4 Å². The molecular formula is C13H21N3O. The fourth-order valence-corrected chi connectivity index (χ4v) is 2.44. The molecule has 1 aromatic heterocycles. The van der Waals surface area contributed by atoms with Crippen LogP contribution >= 0.6 is 0 Å². The normalized spacial score (nSPS) is 19.2. The molecule has 0 spiro atoms. The lowest BCUT2D eigenvalue weighted by atomic mass is 9.89. The Hall–Kier alpha value is -0.970. The number of nitrogens with one attached hydrogen (secondary N) is 1. The van der Waals surface area contributed by atoms with E-state index in [-0.39, 0.29) is 6.04 Å². The second-order valence-electron chi connectivity index (χ2n) is 4.74. The maximum Gasteiger partial charge on any atom is 0.0480 e. The van der Waals surface area contributed by atoms with Gasteiger partial charge in [0.25, 0.3) is 0 Å². The third-order valence-electron chi connectivity index (χ3n) is 3.57. The fourth-order valence-electron chi connectivity index (χ4n) is 2.44. The van der Waals surface area contributed by atoms with Crippen LogP contribution in [0, 0.1) is 12.8 Å². The minimum absolute atomic E-state index is 0.201. The molecule has 1 saturated heterocycles. The maximum absolute atomic E-state index is 5.68. The predicted octanol–water partition coefficient (Wildman–Crippen LogP) is 1.71. The lowest BCUT2D eigenvalue weighted by molar-refractivity contribution is 0.0605. The number of hydrazine groups is 1. The van der Waals surface area contributed by atoms with Gasteiger partial charge >= 0.3 is 0 Å². The van der Waals surface area contributed by atoms with Gasteiger partial charge in [-0.2, -0.15) is 0 Å². The van der Waals surface area contributed by atoms with E-state index < -0.39 is 0 Å². The monoisotopic (exact) mass is 235 g/mol. The van der Waals surface area contributed by atoms with E-state index in [0.29, 0.717) is 5.92 Å². The zero-order valence-electron chi connectivity index (χ0n) is 10.4. The number of ether oxygens (including phenoxy) is 1. The zero-order chi connectivity index (χ0) is 12.1.